The number of allylic oxidation sites excluding steroid dienone is 1. The molecule has 2 amide bonds. The molecule has 0 atom stereocenters. The van der Waals surface area contributed by atoms with Gasteiger partial charge >= 0.3 is 6.18 Å². The number of carbonyl (C=O) groups is 2. The smallest absolute Gasteiger partial charge is 0.416 e. The summed E-state index contributed by atoms with van der Waals surface area (Å²) >= 11 is 0. The van der Waals surface area contributed by atoms with Gasteiger partial charge in [0.2, 0.25) is 0 Å². The Morgan fingerprint density at radius 2 is 1.62 bits per heavy atom. The monoisotopic (exact) mass is 468 g/mol. The second-order valence-corrected chi connectivity index (χ2v) is 7.64. The predicted molar refractivity (Wildman–Crippen MR) is 121 cm³/mol. The van der Waals surface area contributed by atoms with E-state index in [1.807, 2.05) is 12.1 Å². The number of aromatic hydroxyl groups is 1. The van der Waals surface area contributed by atoms with E-state index < -0.39 is 23.6 Å². The molecule has 3 N–H and O–H groups in total. The fourth-order valence-corrected chi connectivity index (χ4v) is 3.59. The zero-order valence-electron chi connectivity index (χ0n) is 18.1. The van der Waals surface area contributed by atoms with Crippen LogP contribution >= 0.6 is 0 Å². The first-order valence-electron chi connectivity index (χ1n) is 10.1. The Balaban J connectivity index is 1.51. The lowest BCUT2D eigenvalue weighted by Gasteiger charge is -2.15. The molecule has 7 nitrogen and oxygen atoms in total. The summed E-state index contributed by atoms with van der Waals surface area (Å²) in [4.78, 5) is 25.5. The normalized spacial score (nSPS) is 15.4. The Morgan fingerprint density at radius 3 is 2.24 bits per heavy atom. The number of halogens is 3. The summed E-state index contributed by atoms with van der Waals surface area (Å²) in [5, 5.41) is 16.9. The van der Waals surface area contributed by atoms with Crippen LogP contribution in [0.15, 0.2) is 77.0 Å². The van der Waals surface area contributed by atoms with E-state index in [2.05, 4.69) is 16.0 Å². The second kappa shape index (κ2) is 8.54. The highest BCUT2D eigenvalue weighted by molar-refractivity contribution is 6.30. The topological polar surface area (TPSA) is 94.0 Å². The Labute approximate surface area is 192 Å². The van der Waals surface area contributed by atoms with Gasteiger partial charge in [0, 0.05) is 5.70 Å². The zero-order valence-corrected chi connectivity index (χ0v) is 18.1. The molecule has 0 fully saturated rings. The number of phenolic OH excluding ortho intramolecular Hbond substituents is 1. The lowest BCUT2D eigenvalue weighted by molar-refractivity contribution is -0.137. The minimum absolute atomic E-state index is 0.0403. The molecule has 0 aromatic heterocycles. The average molecular weight is 468 g/mol. The van der Waals surface area contributed by atoms with Crippen molar-refractivity contribution in [1.82, 2.24) is 10.9 Å². The molecule has 0 aliphatic carbocycles. The molecule has 0 unspecified atom stereocenters. The lowest BCUT2D eigenvalue weighted by atomic mass is 10.1. The third-order valence-electron chi connectivity index (χ3n) is 5.30. The van der Waals surface area contributed by atoms with Gasteiger partial charge in [-0.3, -0.25) is 15.0 Å². The Bertz CT molecular complexity index is 1360. The number of nitrogens with one attached hydrogen (secondary N) is 2. The summed E-state index contributed by atoms with van der Waals surface area (Å²) in [6.45, 7) is 3.11. The van der Waals surface area contributed by atoms with Gasteiger partial charge in [-0.25, -0.2) is 0 Å². The summed E-state index contributed by atoms with van der Waals surface area (Å²) in [5.74, 6) is -1.39. The Hall–Kier alpha value is -4.34. The molecule has 0 bridgehead atoms. The van der Waals surface area contributed by atoms with Gasteiger partial charge in [0.25, 0.3) is 11.8 Å². The van der Waals surface area contributed by atoms with Gasteiger partial charge in [0.05, 0.1) is 28.1 Å². The number of hydrogen-bond acceptors (Lipinski definition) is 5. The minimum atomic E-state index is -4.49. The first-order valence-corrected chi connectivity index (χ1v) is 10.1. The molecule has 3 aromatic rings. The van der Waals surface area contributed by atoms with Gasteiger partial charge in [0.15, 0.2) is 0 Å². The summed E-state index contributed by atoms with van der Waals surface area (Å²) in [5.41, 5.74) is 5.22. The molecule has 10 heteroatoms. The summed E-state index contributed by atoms with van der Waals surface area (Å²) in [6, 6.07) is 14.3. The first-order chi connectivity index (χ1) is 16.1. The molecule has 1 heterocycles. The van der Waals surface area contributed by atoms with E-state index in [0.717, 1.165) is 40.0 Å². The maximum Gasteiger partial charge on any atom is 0.416 e. The number of hydrazine groups is 1. The van der Waals surface area contributed by atoms with Crippen LogP contribution in [0.5, 0.6) is 5.75 Å². The van der Waals surface area contributed by atoms with Crippen LogP contribution in [0, 0.1) is 0 Å². The van der Waals surface area contributed by atoms with E-state index in [1.165, 1.54) is 6.07 Å². The number of phenols is 1. The Kier molecular flexibility index (Phi) is 5.74. The third-order valence-corrected chi connectivity index (χ3v) is 5.30. The molecule has 0 radical (unpaired) electrons. The van der Waals surface area contributed by atoms with Crippen LogP contribution in [0.3, 0.4) is 0 Å². The van der Waals surface area contributed by atoms with Gasteiger partial charge in [-0.05, 0) is 61.0 Å². The zero-order chi connectivity index (χ0) is 24.6. The van der Waals surface area contributed by atoms with Crippen molar-refractivity contribution in [1.29, 1.82) is 0 Å². The summed E-state index contributed by atoms with van der Waals surface area (Å²) < 4.78 is 38.4. The largest absolute Gasteiger partial charge is 0.507 e. The number of nitrogens with zero attached hydrogens (tertiary/aromatic N) is 2. The van der Waals surface area contributed by atoms with Crippen molar-refractivity contribution in [2.45, 2.75) is 20.0 Å². The van der Waals surface area contributed by atoms with Crippen molar-refractivity contribution in [3.63, 3.8) is 0 Å². The van der Waals surface area contributed by atoms with Gasteiger partial charge in [-0.15, -0.1) is 0 Å². The number of fused-ring (bicyclic) bond motifs is 1. The fraction of sp³-hybridized carbons (Fsp3) is 0.125. The van der Waals surface area contributed by atoms with Gasteiger partial charge in [-0.1, -0.05) is 24.3 Å². The van der Waals surface area contributed by atoms with Crippen LogP contribution in [0.4, 0.5) is 18.9 Å². The average Bonchev–Trinajstić information content (AvgIpc) is 3.10. The predicted octanol–water partition coefficient (Wildman–Crippen LogP) is 4.50. The van der Waals surface area contributed by atoms with E-state index in [-0.39, 0.29) is 28.3 Å². The highest BCUT2D eigenvalue weighted by Crippen LogP contribution is 2.32. The molecule has 3 aromatic carbocycles. The van der Waals surface area contributed by atoms with Crippen LogP contribution in [0.2, 0.25) is 0 Å². The molecule has 174 valence electrons. The van der Waals surface area contributed by atoms with Crippen molar-refractivity contribution < 1.29 is 27.9 Å². The number of carbonyl (C=O) groups excluding carboxylic acids is 2. The summed E-state index contributed by atoms with van der Waals surface area (Å²) in [6.07, 6.45) is -4.49. The molecule has 1 aliphatic heterocycles. The Morgan fingerprint density at radius 1 is 1.00 bits per heavy atom. The molecule has 4 rings (SSSR count). The van der Waals surface area contributed by atoms with Crippen LogP contribution in [0.1, 0.15) is 29.8 Å². The van der Waals surface area contributed by atoms with E-state index in [4.69, 9.17) is 0 Å². The highest BCUT2D eigenvalue weighted by Gasteiger charge is 2.33. The quantitative estimate of drug-likeness (QED) is 0.388. The second-order valence-electron chi connectivity index (χ2n) is 7.64. The van der Waals surface area contributed by atoms with Crippen LogP contribution in [-0.4, -0.2) is 22.6 Å². The molecule has 0 spiro atoms. The standard InChI is InChI=1S/C24H19F3N4O3/c1-13(28-29-22(33)19-11-15-5-3-4-6-16(15)12-20(19)32)21-14(2)30-31(23(21)34)18-9-7-17(8-10-18)24(25,26)27/h3-12,28,32H,1-2H3,(H,29,33)/b21-13-. The maximum absolute atomic E-state index is 12.9. The lowest BCUT2D eigenvalue weighted by Crippen LogP contribution is -2.38. The van der Waals surface area contributed by atoms with E-state index in [0.29, 0.717) is 5.71 Å². The van der Waals surface area contributed by atoms with Crippen LogP contribution in [-0.2, 0) is 11.0 Å². The number of benzene rings is 3. The fourth-order valence-electron chi connectivity index (χ4n) is 3.59. The van der Waals surface area contributed by atoms with E-state index in [1.54, 1.807) is 32.0 Å². The number of hydrazone groups is 1. The molecule has 0 saturated heterocycles. The highest BCUT2D eigenvalue weighted by atomic mass is 19.4. The van der Waals surface area contributed by atoms with Crippen molar-refractivity contribution in [3.8, 4) is 5.75 Å². The maximum atomic E-state index is 12.9. The molecule has 34 heavy (non-hydrogen) atoms. The van der Waals surface area contributed by atoms with Crippen LogP contribution < -0.4 is 15.9 Å². The molecular weight excluding hydrogens is 449 g/mol. The minimum Gasteiger partial charge on any atom is -0.507 e. The van der Waals surface area contributed by atoms with Gasteiger partial charge in [0.1, 0.15) is 5.75 Å². The number of anilines is 1. The number of alkyl halides is 3. The van der Waals surface area contributed by atoms with Crippen molar-refractivity contribution in [2.24, 2.45) is 5.10 Å². The first kappa shape index (κ1) is 22.8. The van der Waals surface area contributed by atoms with Crippen LogP contribution in [0.25, 0.3) is 10.8 Å². The molecule has 0 saturated carbocycles. The van der Waals surface area contributed by atoms with E-state index >= 15 is 0 Å². The third kappa shape index (κ3) is 4.29. The van der Waals surface area contributed by atoms with Crippen molar-refractivity contribution >= 4 is 34.0 Å². The van der Waals surface area contributed by atoms with E-state index in [9.17, 15) is 27.9 Å². The molecular formula is C24H19F3N4O3. The number of hydrogen-bond donors (Lipinski definition) is 3. The van der Waals surface area contributed by atoms with Crippen molar-refractivity contribution in [3.05, 3.63) is 83.1 Å². The number of rotatable bonds is 4. The SMILES string of the molecule is CC1=NN(c2ccc(C(F)(F)F)cc2)C(=O)/C1=C(/C)NNC(=O)c1cc2ccccc2cc1O. The van der Waals surface area contributed by atoms with Crippen molar-refractivity contribution in [2.75, 3.05) is 5.01 Å². The van der Waals surface area contributed by atoms with Gasteiger partial charge in [-0.2, -0.15) is 23.3 Å². The molecule has 1 aliphatic rings. The van der Waals surface area contributed by atoms with Gasteiger partial charge < -0.3 is 10.5 Å². The number of amides is 2. The summed E-state index contributed by atoms with van der Waals surface area (Å²) in [7, 11) is 0.